The summed E-state index contributed by atoms with van der Waals surface area (Å²) < 4.78 is 8.70. The van der Waals surface area contributed by atoms with Gasteiger partial charge in [0.1, 0.15) is 17.0 Å². The van der Waals surface area contributed by atoms with Crippen LogP contribution in [0, 0.1) is 6.92 Å². The van der Waals surface area contributed by atoms with Gasteiger partial charge < -0.3 is 8.98 Å². The lowest BCUT2D eigenvalue weighted by Crippen LogP contribution is -1.99. The highest BCUT2D eigenvalue weighted by Gasteiger charge is 2.18. The fraction of sp³-hybridized carbons (Fsp3) is 0.0250. The normalized spacial score (nSPS) is 11.7. The third-order valence-electron chi connectivity index (χ3n) is 8.54. The molecule has 0 saturated heterocycles. The molecule has 0 atom stereocenters. The van der Waals surface area contributed by atoms with E-state index in [2.05, 4.69) is 107 Å². The van der Waals surface area contributed by atoms with Crippen LogP contribution < -0.4 is 0 Å². The molecule has 0 aliphatic heterocycles. The number of hydrogen-bond acceptors (Lipinski definition) is 4. The predicted molar refractivity (Wildman–Crippen MR) is 182 cm³/mol. The number of furan rings is 1. The summed E-state index contributed by atoms with van der Waals surface area (Å²) in [5, 5.41) is 4.48. The first-order chi connectivity index (χ1) is 22.2. The number of aromatic nitrogens is 4. The van der Waals surface area contributed by atoms with Gasteiger partial charge in [-0.15, -0.1) is 0 Å². The van der Waals surface area contributed by atoms with E-state index in [1.807, 2.05) is 49.4 Å². The second-order valence-electron chi connectivity index (χ2n) is 11.3. The molecule has 3 heterocycles. The van der Waals surface area contributed by atoms with Gasteiger partial charge in [-0.25, -0.2) is 15.0 Å². The number of nitrogens with zero attached hydrogens (tertiary/aromatic N) is 4. The standard InChI is InChI=1S/C40H26N4O/c1-25-41-39(26-11-4-2-5-12-26)43-40(42-25)31-16-10-18-37-38(31)33-24-28(20-22-36(33)45-37)27-19-21-35-32(23-27)30-15-8-9-17-34(30)44(35)29-13-6-3-7-14-29/h2-24H,1H3. The monoisotopic (exact) mass is 578 g/mol. The third kappa shape index (κ3) is 4.13. The Morgan fingerprint density at radius 3 is 2.02 bits per heavy atom. The minimum atomic E-state index is 0.634. The molecule has 0 N–H and O–H groups in total. The number of benzene rings is 6. The molecule has 45 heavy (non-hydrogen) atoms. The van der Waals surface area contributed by atoms with Crippen molar-refractivity contribution >= 4 is 43.7 Å². The SMILES string of the molecule is Cc1nc(-c2ccccc2)nc(-c2cccc3oc4ccc(-c5ccc6c(c5)c5ccccc5n6-c5ccccc5)cc4c23)n1. The van der Waals surface area contributed by atoms with Crippen LogP contribution in [0.25, 0.3) is 83.3 Å². The molecule has 6 aromatic carbocycles. The number of fused-ring (bicyclic) bond motifs is 6. The number of para-hydroxylation sites is 2. The Morgan fingerprint density at radius 1 is 0.489 bits per heavy atom. The summed E-state index contributed by atoms with van der Waals surface area (Å²) in [4.78, 5) is 14.3. The Hall–Kier alpha value is -6.07. The van der Waals surface area contributed by atoms with E-state index in [0.29, 0.717) is 17.5 Å². The van der Waals surface area contributed by atoms with E-state index in [4.69, 9.17) is 14.4 Å². The first-order valence-corrected chi connectivity index (χ1v) is 15.0. The van der Waals surface area contributed by atoms with Crippen LogP contribution in [0.2, 0.25) is 0 Å². The minimum absolute atomic E-state index is 0.634. The summed E-state index contributed by atoms with van der Waals surface area (Å²) in [5.41, 5.74) is 9.32. The predicted octanol–water partition coefficient (Wildman–Crippen LogP) is 10.2. The van der Waals surface area contributed by atoms with Crippen molar-refractivity contribution in [3.63, 3.8) is 0 Å². The molecule has 5 heteroatoms. The smallest absolute Gasteiger partial charge is 0.164 e. The Labute approximate surface area is 259 Å². The fourth-order valence-electron chi connectivity index (χ4n) is 6.52. The molecule has 0 bridgehead atoms. The number of hydrogen-bond donors (Lipinski definition) is 0. The van der Waals surface area contributed by atoms with E-state index >= 15 is 0 Å². The van der Waals surface area contributed by atoms with Crippen molar-refractivity contribution in [3.8, 4) is 39.6 Å². The summed E-state index contributed by atoms with van der Waals surface area (Å²) in [6.45, 7) is 1.91. The van der Waals surface area contributed by atoms with Crippen LogP contribution in [0.1, 0.15) is 5.82 Å². The Morgan fingerprint density at radius 2 is 1.18 bits per heavy atom. The van der Waals surface area contributed by atoms with Crippen molar-refractivity contribution in [1.29, 1.82) is 0 Å². The first kappa shape index (κ1) is 25.4. The van der Waals surface area contributed by atoms with Gasteiger partial charge in [0.25, 0.3) is 0 Å². The molecule has 0 unspecified atom stereocenters. The molecular formula is C40H26N4O. The molecule has 0 amide bonds. The average molecular weight is 579 g/mol. The van der Waals surface area contributed by atoms with Gasteiger partial charge in [0.05, 0.1) is 11.0 Å². The molecule has 0 fully saturated rings. The molecule has 5 nitrogen and oxygen atoms in total. The molecule has 0 aliphatic rings. The van der Waals surface area contributed by atoms with Crippen LogP contribution >= 0.6 is 0 Å². The summed E-state index contributed by atoms with van der Waals surface area (Å²) in [6.07, 6.45) is 0. The summed E-state index contributed by atoms with van der Waals surface area (Å²) in [5.74, 6) is 1.97. The molecule has 0 radical (unpaired) electrons. The van der Waals surface area contributed by atoms with Gasteiger partial charge in [-0.2, -0.15) is 0 Å². The van der Waals surface area contributed by atoms with Gasteiger partial charge in [-0.3, -0.25) is 0 Å². The van der Waals surface area contributed by atoms with Crippen LogP contribution in [-0.2, 0) is 0 Å². The lowest BCUT2D eigenvalue weighted by molar-refractivity contribution is 0.669. The Bertz CT molecular complexity index is 2550. The molecular weight excluding hydrogens is 552 g/mol. The van der Waals surface area contributed by atoms with Crippen LogP contribution in [-0.4, -0.2) is 19.5 Å². The van der Waals surface area contributed by atoms with Crippen LogP contribution in [0.3, 0.4) is 0 Å². The van der Waals surface area contributed by atoms with E-state index in [0.717, 1.165) is 49.9 Å². The van der Waals surface area contributed by atoms with E-state index in [1.165, 1.54) is 21.8 Å². The maximum Gasteiger partial charge on any atom is 0.164 e. The largest absolute Gasteiger partial charge is 0.456 e. The van der Waals surface area contributed by atoms with Crippen molar-refractivity contribution in [2.24, 2.45) is 0 Å². The highest BCUT2D eigenvalue weighted by Crippen LogP contribution is 2.39. The van der Waals surface area contributed by atoms with E-state index in [-0.39, 0.29) is 0 Å². The van der Waals surface area contributed by atoms with Crippen LogP contribution in [0.15, 0.2) is 144 Å². The Kier molecular flexibility index (Phi) is 5.65. The topological polar surface area (TPSA) is 56.7 Å². The zero-order valence-electron chi connectivity index (χ0n) is 24.5. The highest BCUT2D eigenvalue weighted by atomic mass is 16.3. The summed E-state index contributed by atoms with van der Waals surface area (Å²) >= 11 is 0. The molecule has 3 aromatic heterocycles. The fourth-order valence-corrected chi connectivity index (χ4v) is 6.52. The van der Waals surface area contributed by atoms with Crippen LogP contribution in [0.5, 0.6) is 0 Å². The van der Waals surface area contributed by atoms with E-state index < -0.39 is 0 Å². The lowest BCUT2D eigenvalue weighted by atomic mass is 9.99. The summed E-state index contributed by atoms with van der Waals surface area (Å²) in [7, 11) is 0. The lowest BCUT2D eigenvalue weighted by Gasteiger charge is -2.08. The molecule has 9 aromatic rings. The third-order valence-corrected chi connectivity index (χ3v) is 8.54. The molecule has 212 valence electrons. The van der Waals surface area contributed by atoms with Crippen molar-refractivity contribution in [2.45, 2.75) is 6.92 Å². The molecule has 9 rings (SSSR count). The molecule has 0 saturated carbocycles. The first-order valence-electron chi connectivity index (χ1n) is 15.0. The Balaban J connectivity index is 1.23. The molecule has 0 aliphatic carbocycles. The quantitative estimate of drug-likeness (QED) is 0.208. The van der Waals surface area contributed by atoms with Crippen molar-refractivity contribution in [3.05, 3.63) is 145 Å². The van der Waals surface area contributed by atoms with Gasteiger partial charge in [-0.05, 0) is 66.6 Å². The zero-order valence-corrected chi connectivity index (χ0v) is 24.5. The van der Waals surface area contributed by atoms with Gasteiger partial charge in [0.15, 0.2) is 11.6 Å². The molecule has 0 spiro atoms. The summed E-state index contributed by atoms with van der Waals surface area (Å²) in [6, 6.07) is 48.5. The van der Waals surface area contributed by atoms with Gasteiger partial charge >= 0.3 is 0 Å². The van der Waals surface area contributed by atoms with E-state index in [1.54, 1.807) is 0 Å². The second-order valence-corrected chi connectivity index (χ2v) is 11.3. The minimum Gasteiger partial charge on any atom is -0.456 e. The van der Waals surface area contributed by atoms with Gasteiger partial charge in [0, 0.05) is 38.4 Å². The van der Waals surface area contributed by atoms with Gasteiger partial charge in [0.2, 0.25) is 0 Å². The van der Waals surface area contributed by atoms with Crippen LogP contribution in [0.4, 0.5) is 0 Å². The number of aryl methyl sites for hydroxylation is 1. The van der Waals surface area contributed by atoms with E-state index in [9.17, 15) is 0 Å². The number of rotatable bonds is 4. The average Bonchev–Trinajstić information content (AvgIpc) is 3.64. The van der Waals surface area contributed by atoms with Crippen molar-refractivity contribution in [1.82, 2.24) is 19.5 Å². The van der Waals surface area contributed by atoms with Gasteiger partial charge in [-0.1, -0.05) is 91.0 Å². The zero-order chi connectivity index (χ0) is 29.9. The van der Waals surface area contributed by atoms with Crippen molar-refractivity contribution < 1.29 is 4.42 Å². The van der Waals surface area contributed by atoms with Crippen molar-refractivity contribution in [2.75, 3.05) is 0 Å². The highest BCUT2D eigenvalue weighted by molar-refractivity contribution is 6.14. The maximum absolute atomic E-state index is 6.36. The maximum atomic E-state index is 6.36. The second kappa shape index (κ2) is 10.00.